The van der Waals surface area contributed by atoms with E-state index in [4.69, 9.17) is 0 Å². The minimum Gasteiger partial charge on any atom is -0.290 e. The molecule has 0 aromatic carbocycles. The summed E-state index contributed by atoms with van der Waals surface area (Å²) in [5.41, 5.74) is 0. The first-order valence-corrected chi connectivity index (χ1v) is 4.75. The normalized spacial score (nSPS) is 17.5. The first-order chi connectivity index (χ1) is 5.29. The van der Waals surface area contributed by atoms with E-state index in [-0.39, 0.29) is 5.91 Å². The molecule has 1 aliphatic heterocycles. The number of thioether (sulfide) groups is 1. The lowest BCUT2D eigenvalue weighted by Gasteiger charge is -2.13. The van der Waals surface area contributed by atoms with E-state index in [1.54, 1.807) is 16.7 Å². The zero-order valence-corrected chi connectivity index (χ0v) is 7.65. The van der Waals surface area contributed by atoms with Crippen LogP contribution in [0.1, 0.15) is 13.8 Å². The molecule has 0 aliphatic carbocycles. The molecule has 3 nitrogen and oxygen atoms in total. The smallest absolute Gasteiger partial charge is 0.250 e. The van der Waals surface area contributed by atoms with Crippen molar-refractivity contribution in [2.45, 2.75) is 13.8 Å². The Kier molecular flexibility index (Phi) is 2.93. The third kappa shape index (κ3) is 1.74. The average Bonchev–Trinajstić information content (AvgIpc) is 2.33. The molecule has 1 amide bonds. The van der Waals surface area contributed by atoms with Gasteiger partial charge in [-0.3, -0.25) is 14.7 Å². The van der Waals surface area contributed by atoms with E-state index in [0.29, 0.717) is 6.54 Å². The Morgan fingerprint density at radius 2 is 2.36 bits per heavy atom. The summed E-state index contributed by atoms with van der Waals surface area (Å²) in [7, 11) is 0. The van der Waals surface area contributed by atoms with Gasteiger partial charge in [0.2, 0.25) is 5.91 Å². The number of carbonyl (C=O) groups excluding carboxylic acids is 1. The summed E-state index contributed by atoms with van der Waals surface area (Å²) in [6.45, 7) is 5.11. The molecule has 0 fully saturated rings. The maximum atomic E-state index is 11.1. The number of carbonyl (C=O) groups is 1. The molecule has 0 aromatic rings. The molecular formula is C7H12N2OS. The molecule has 1 heterocycles. The van der Waals surface area contributed by atoms with Crippen molar-refractivity contribution < 1.29 is 4.79 Å². The number of amidine groups is 1. The maximum Gasteiger partial charge on any atom is 0.250 e. The molecule has 0 saturated carbocycles. The third-order valence-corrected chi connectivity index (χ3v) is 2.37. The van der Waals surface area contributed by atoms with Crippen LogP contribution in [0, 0.1) is 0 Å². The van der Waals surface area contributed by atoms with Gasteiger partial charge in [-0.1, -0.05) is 18.7 Å². The van der Waals surface area contributed by atoms with Crippen LogP contribution in [0.15, 0.2) is 4.99 Å². The van der Waals surface area contributed by atoms with Crippen LogP contribution in [0.25, 0.3) is 0 Å². The molecule has 0 bridgehead atoms. The quantitative estimate of drug-likeness (QED) is 0.621. The summed E-state index contributed by atoms with van der Waals surface area (Å²) in [5.74, 6) is 1.10. The van der Waals surface area contributed by atoms with E-state index < -0.39 is 0 Å². The molecule has 0 N–H and O–H groups in total. The predicted octanol–water partition coefficient (Wildman–Crippen LogP) is 0.958. The largest absolute Gasteiger partial charge is 0.290 e. The Balaban J connectivity index is 2.58. The summed E-state index contributed by atoms with van der Waals surface area (Å²) in [4.78, 5) is 16.9. The molecule has 0 atom stereocenters. The van der Waals surface area contributed by atoms with Crippen LogP contribution in [0.5, 0.6) is 0 Å². The standard InChI is InChI=1S/C7H12N2OS/c1-3-9-6(10)5-8-7(9)11-4-2/h3-5H2,1-2H3. The second-order valence-corrected chi connectivity index (χ2v) is 3.40. The van der Waals surface area contributed by atoms with E-state index in [1.807, 2.05) is 6.92 Å². The van der Waals surface area contributed by atoms with Gasteiger partial charge < -0.3 is 0 Å². The van der Waals surface area contributed by atoms with Crippen LogP contribution in [-0.2, 0) is 4.79 Å². The zero-order valence-electron chi connectivity index (χ0n) is 6.83. The molecule has 0 spiro atoms. The van der Waals surface area contributed by atoms with Crippen LogP contribution in [0.2, 0.25) is 0 Å². The number of hydrogen-bond acceptors (Lipinski definition) is 3. The van der Waals surface area contributed by atoms with E-state index in [0.717, 1.165) is 17.5 Å². The first kappa shape index (κ1) is 8.59. The first-order valence-electron chi connectivity index (χ1n) is 3.77. The Morgan fingerprint density at radius 3 is 2.91 bits per heavy atom. The molecule has 4 heteroatoms. The highest BCUT2D eigenvalue weighted by atomic mass is 32.2. The van der Waals surface area contributed by atoms with Crippen molar-refractivity contribution in [1.82, 2.24) is 4.90 Å². The lowest BCUT2D eigenvalue weighted by Crippen LogP contribution is -2.30. The predicted molar refractivity (Wildman–Crippen MR) is 47.8 cm³/mol. The van der Waals surface area contributed by atoms with Crippen LogP contribution in [0.3, 0.4) is 0 Å². The second kappa shape index (κ2) is 3.76. The van der Waals surface area contributed by atoms with Crippen molar-refractivity contribution in [1.29, 1.82) is 0 Å². The van der Waals surface area contributed by atoms with Gasteiger partial charge in [-0.2, -0.15) is 0 Å². The van der Waals surface area contributed by atoms with Gasteiger partial charge in [0.15, 0.2) is 5.17 Å². The molecule has 0 aromatic heterocycles. The van der Waals surface area contributed by atoms with Gasteiger partial charge in [-0.15, -0.1) is 0 Å². The van der Waals surface area contributed by atoms with Gasteiger partial charge in [0.25, 0.3) is 0 Å². The van der Waals surface area contributed by atoms with E-state index in [2.05, 4.69) is 11.9 Å². The van der Waals surface area contributed by atoms with Crippen LogP contribution < -0.4 is 0 Å². The van der Waals surface area contributed by atoms with Gasteiger partial charge in [0, 0.05) is 6.54 Å². The van der Waals surface area contributed by atoms with Crippen LogP contribution in [0.4, 0.5) is 0 Å². The topological polar surface area (TPSA) is 32.7 Å². The van der Waals surface area contributed by atoms with Gasteiger partial charge in [-0.05, 0) is 12.7 Å². The summed E-state index contributed by atoms with van der Waals surface area (Å²) in [6, 6.07) is 0. The Hall–Kier alpha value is -0.510. The molecule has 62 valence electrons. The third-order valence-electron chi connectivity index (χ3n) is 1.47. The molecule has 11 heavy (non-hydrogen) atoms. The monoisotopic (exact) mass is 172 g/mol. The number of likely N-dealkylation sites (N-methyl/N-ethyl adjacent to an activating group) is 1. The summed E-state index contributed by atoms with van der Waals surface area (Å²) >= 11 is 1.63. The number of nitrogens with zero attached hydrogens (tertiary/aromatic N) is 2. The van der Waals surface area contributed by atoms with Gasteiger partial charge in [-0.25, -0.2) is 0 Å². The van der Waals surface area contributed by atoms with Crippen LogP contribution >= 0.6 is 11.8 Å². The highest BCUT2D eigenvalue weighted by molar-refractivity contribution is 8.13. The van der Waals surface area contributed by atoms with Crippen molar-refractivity contribution in [3.05, 3.63) is 0 Å². The Morgan fingerprint density at radius 1 is 1.64 bits per heavy atom. The van der Waals surface area contributed by atoms with Crippen molar-refractivity contribution in [3.63, 3.8) is 0 Å². The Bertz CT molecular complexity index is 191. The highest BCUT2D eigenvalue weighted by Crippen LogP contribution is 2.13. The highest BCUT2D eigenvalue weighted by Gasteiger charge is 2.22. The molecule has 1 rings (SSSR count). The summed E-state index contributed by atoms with van der Waals surface area (Å²) < 4.78 is 0. The van der Waals surface area contributed by atoms with E-state index >= 15 is 0 Å². The van der Waals surface area contributed by atoms with Crippen molar-refractivity contribution in [2.24, 2.45) is 4.99 Å². The molecule has 0 unspecified atom stereocenters. The number of hydrogen-bond donors (Lipinski definition) is 0. The molecular weight excluding hydrogens is 160 g/mol. The van der Waals surface area contributed by atoms with Gasteiger partial charge in [0.05, 0.1) is 0 Å². The number of aliphatic imine (C=N–C) groups is 1. The SMILES string of the molecule is CCSC1=NCC(=O)N1CC. The second-order valence-electron chi connectivity index (χ2n) is 2.17. The maximum absolute atomic E-state index is 11.1. The van der Waals surface area contributed by atoms with E-state index in [1.165, 1.54) is 0 Å². The minimum atomic E-state index is 0.128. The lowest BCUT2D eigenvalue weighted by atomic mass is 10.5. The fourth-order valence-electron chi connectivity index (χ4n) is 0.977. The van der Waals surface area contributed by atoms with Gasteiger partial charge >= 0.3 is 0 Å². The van der Waals surface area contributed by atoms with Crippen molar-refractivity contribution in [3.8, 4) is 0 Å². The average molecular weight is 172 g/mol. The van der Waals surface area contributed by atoms with Crippen LogP contribution in [-0.4, -0.2) is 34.8 Å². The Labute approximate surface area is 70.9 Å². The van der Waals surface area contributed by atoms with Crippen molar-refractivity contribution in [2.75, 3.05) is 18.8 Å². The summed E-state index contributed by atoms with van der Waals surface area (Å²) in [6.07, 6.45) is 0. The van der Waals surface area contributed by atoms with E-state index in [9.17, 15) is 4.79 Å². The minimum absolute atomic E-state index is 0.128. The lowest BCUT2D eigenvalue weighted by molar-refractivity contribution is -0.124. The summed E-state index contributed by atoms with van der Waals surface area (Å²) in [5, 5.41) is 0.889. The molecule has 0 saturated heterocycles. The fourth-order valence-corrected chi connectivity index (χ4v) is 1.78. The number of amides is 1. The molecule has 0 radical (unpaired) electrons. The number of rotatable bonds is 2. The van der Waals surface area contributed by atoms with Crippen molar-refractivity contribution >= 4 is 22.8 Å². The zero-order chi connectivity index (χ0) is 8.27. The fraction of sp³-hybridized carbons (Fsp3) is 0.714. The van der Waals surface area contributed by atoms with Gasteiger partial charge in [0.1, 0.15) is 6.54 Å². The molecule has 1 aliphatic rings.